The summed E-state index contributed by atoms with van der Waals surface area (Å²) in [5.74, 6) is 0.426. The van der Waals surface area contributed by atoms with E-state index < -0.39 is 0 Å². The van der Waals surface area contributed by atoms with E-state index in [-0.39, 0.29) is 34.6 Å². The number of nitrogens with zero attached hydrogens (tertiary/aromatic N) is 1. The Bertz CT molecular complexity index is 415. The SMILES string of the molecule is CCNC(=O)CC1CCCCN1C(=O)C1C(C)(C)C1(C)C. The molecule has 0 aromatic rings. The van der Waals surface area contributed by atoms with Gasteiger partial charge in [0, 0.05) is 31.5 Å². The molecule has 1 atom stereocenters. The van der Waals surface area contributed by atoms with Gasteiger partial charge < -0.3 is 10.2 Å². The first-order valence-corrected chi connectivity index (χ1v) is 8.30. The number of piperidine rings is 1. The van der Waals surface area contributed by atoms with Crippen LogP contribution in [0.25, 0.3) is 0 Å². The third-order valence-electron chi connectivity index (χ3n) is 5.97. The van der Waals surface area contributed by atoms with Crippen LogP contribution in [0, 0.1) is 16.7 Å². The van der Waals surface area contributed by atoms with Gasteiger partial charge in [0.1, 0.15) is 0 Å². The summed E-state index contributed by atoms with van der Waals surface area (Å²) in [4.78, 5) is 26.8. The standard InChI is InChI=1S/C17H30N2O2/c1-6-18-13(20)11-12-9-7-8-10-19(12)15(21)14-16(2,3)17(14,4)5/h12,14H,6-11H2,1-5H3,(H,18,20). The Labute approximate surface area is 128 Å². The molecule has 2 rings (SSSR count). The van der Waals surface area contributed by atoms with Crippen LogP contribution < -0.4 is 5.32 Å². The van der Waals surface area contributed by atoms with E-state index >= 15 is 0 Å². The van der Waals surface area contributed by atoms with Crippen LogP contribution >= 0.6 is 0 Å². The Morgan fingerprint density at radius 3 is 2.29 bits per heavy atom. The summed E-state index contributed by atoms with van der Waals surface area (Å²) in [6.45, 7) is 12.1. The van der Waals surface area contributed by atoms with Crippen molar-refractivity contribution in [1.82, 2.24) is 10.2 Å². The minimum absolute atomic E-state index is 0.0662. The fourth-order valence-electron chi connectivity index (χ4n) is 3.97. The van der Waals surface area contributed by atoms with E-state index in [0.717, 1.165) is 25.8 Å². The topological polar surface area (TPSA) is 49.4 Å². The maximum atomic E-state index is 12.9. The number of carbonyl (C=O) groups is 2. The van der Waals surface area contributed by atoms with E-state index in [2.05, 4.69) is 33.0 Å². The van der Waals surface area contributed by atoms with Gasteiger partial charge in [-0.25, -0.2) is 0 Å². The largest absolute Gasteiger partial charge is 0.356 e. The Morgan fingerprint density at radius 2 is 1.76 bits per heavy atom. The van der Waals surface area contributed by atoms with Gasteiger partial charge in [-0.2, -0.15) is 0 Å². The first kappa shape index (κ1) is 16.3. The molecule has 2 amide bonds. The van der Waals surface area contributed by atoms with E-state index in [9.17, 15) is 9.59 Å². The second kappa shape index (κ2) is 5.62. The highest BCUT2D eigenvalue weighted by molar-refractivity contribution is 5.85. The molecule has 4 heteroatoms. The van der Waals surface area contributed by atoms with Crippen LogP contribution in [0.2, 0.25) is 0 Å². The van der Waals surface area contributed by atoms with Crippen LogP contribution in [0.1, 0.15) is 60.3 Å². The molecule has 1 aliphatic heterocycles. The monoisotopic (exact) mass is 294 g/mol. The second-order valence-electron chi connectivity index (χ2n) is 7.72. The Morgan fingerprint density at radius 1 is 1.14 bits per heavy atom. The lowest BCUT2D eigenvalue weighted by Gasteiger charge is -2.36. The molecule has 0 spiro atoms. The van der Waals surface area contributed by atoms with Crippen molar-refractivity contribution >= 4 is 11.8 Å². The van der Waals surface area contributed by atoms with Gasteiger partial charge in [-0.3, -0.25) is 9.59 Å². The summed E-state index contributed by atoms with van der Waals surface area (Å²) in [5.41, 5.74) is 0.134. The minimum Gasteiger partial charge on any atom is -0.356 e. The number of rotatable bonds is 4. The van der Waals surface area contributed by atoms with E-state index in [1.165, 1.54) is 0 Å². The van der Waals surface area contributed by atoms with Gasteiger partial charge in [-0.15, -0.1) is 0 Å². The van der Waals surface area contributed by atoms with Crippen LogP contribution in [-0.4, -0.2) is 35.8 Å². The van der Waals surface area contributed by atoms with Gasteiger partial charge in [0.15, 0.2) is 0 Å². The van der Waals surface area contributed by atoms with Gasteiger partial charge in [0.25, 0.3) is 0 Å². The van der Waals surface area contributed by atoms with Gasteiger partial charge in [-0.1, -0.05) is 27.7 Å². The summed E-state index contributed by atoms with van der Waals surface area (Å²) in [7, 11) is 0. The normalized spacial score (nSPS) is 27.3. The minimum atomic E-state index is 0.0662. The fraction of sp³-hybridized carbons (Fsp3) is 0.882. The molecule has 2 fully saturated rings. The molecule has 1 saturated carbocycles. The molecule has 21 heavy (non-hydrogen) atoms. The molecule has 120 valence electrons. The summed E-state index contributed by atoms with van der Waals surface area (Å²) in [5, 5.41) is 2.85. The summed E-state index contributed by atoms with van der Waals surface area (Å²) < 4.78 is 0. The number of likely N-dealkylation sites (tertiary alicyclic amines) is 1. The molecular weight excluding hydrogens is 264 g/mol. The lowest BCUT2D eigenvalue weighted by atomic mass is 9.97. The Kier molecular flexibility index (Phi) is 4.36. The molecule has 1 unspecified atom stereocenters. The Hall–Kier alpha value is -1.06. The summed E-state index contributed by atoms with van der Waals surface area (Å²) in [6, 6.07) is 0.0880. The smallest absolute Gasteiger partial charge is 0.227 e. The highest BCUT2D eigenvalue weighted by Crippen LogP contribution is 2.69. The third-order valence-corrected chi connectivity index (χ3v) is 5.97. The average Bonchev–Trinajstić information content (AvgIpc) is 2.80. The molecule has 0 bridgehead atoms. The van der Waals surface area contributed by atoms with Gasteiger partial charge in [0.2, 0.25) is 11.8 Å². The Balaban J connectivity index is 2.06. The van der Waals surface area contributed by atoms with E-state index in [4.69, 9.17) is 0 Å². The van der Waals surface area contributed by atoms with Crippen molar-refractivity contribution in [2.24, 2.45) is 16.7 Å². The quantitative estimate of drug-likeness (QED) is 0.866. The van der Waals surface area contributed by atoms with E-state index in [1.807, 2.05) is 11.8 Å². The molecule has 1 heterocycles. The number of hydrogen-bond acceptors (Lipinski definition) is 2. The lowest BCUT2D eigenvalue weighted by Crippen LogP contribution is -2.47. The van der Waals surface area contributed by atoms with Crippen LogP contribution in [0.15, 0.2) is 0 Å². The van der Waals surface area contributed by atoms with Crippen LogP contribution in [-0.2, 0) is 9.59 Å². The molecule has 1 aliphatic carbocycles. The average molecular weight is 294 g/mol. The molecule has 0 radical (unpaired) electrons. The van der Waals surface area contributed by atoms with Crippen LogP contribution in [0.4, 0.5) is 0 Å². The first-order valence-electron chi connectivity index (χ1n) is 8.30. The molecular formula is C17H30N2O2. The molecule has 2 aliphatic rings. The van der Waals surface area contributed by atoms with Crippen LogP contribution in [0.3, 0.4) is 0 Å². The number of carbonyl (C=O) groups excluding carboxylic acids is 2. The zero-order valence-corrected chi connectivity index (χ0v) is 14.2. The van der Waals surface area contributed by atoms with Crippen molar-refractivity contribution in [3.8, 4) is 0 Å². The van der Waals surface area contributed by atoms with Gasteiger partial charge in [0.05, 0.1) is 0 Å². The third kappa shape index (κ3) is 2.82. The van der Waals surface area contributed by atoms with Crippen molar-refractivity contribution in [3.63, 3.8) is 0 Å². The number of amides is 2. The van der Waals surface area contributed by atoms with Crippen LogP contribution in [0.5, 0.6) is 0 Å². The molecule has 1 N–H and O–H groups in total. The fourth-order valence-corrected chi connectivity index (χ4v) is 3.97. The predicted octanol–water partition coefficient (Wildman–Crippen LogP) is 2.58. The maximum Gasteiger partial charge on any atom is 0.227 e. The van der Waals surface area contributed by atoms with Gasteiger partial charge >= 0.3 is 0 Å². The van der Waals surface area contributed by atoms with Crippen molar-refractivity contribution in [2.75, 3.05) is 13.1 Å². The lowest BCUT2D eigenvalue weighted by molar-refractivity contribution is -0.138. The number of hydrogen-bond donors (Lipinski definition) is 1. The predicted molar refractivity (Wildman–Crippen MR) is 83.7 cm³/mol. The van der Waals surface area contributed by atoms with Crippen molar-refractivity contribution < 1.29 is 9.59 Å². The second-order valence-corrected chi connectivity index (χ2v) is 7.72. The van der Waals surface area contributed by atoms with Gasteiger partial charge in [-0.05, 0) is 37.0 Å². The van der Waals surface area contributed by atoms with Crippen molar-refractivity contribution in [2.45, 2.75) is 66.3 Å². The van der Waals surface area contributed by atoms with E-state index in [0.29, 0.717) is 13.0 Å². The highest BCUT2D eigenvalue weighted by Gasteiger charge is 2.69. The zero-order valence-electron chi connectivity index (χ0n) is 14.2. The molecule has 4 nitrogen and oxygen atoms in total. The highest BCUT2D eigenvalue weighted by atomic mass is 16.2. The summed E-state index contributed by atoms with van der Waals surface area (Å²) in [6.07, 6.45) is 3.58. The summed E-state index contributed by atoms with van der Waals surface area (Å²) >= 11 is 0. The molecule has 0 aromatic carbocycles. The zero-order chi connectivity index (χ0) is 15.8. The molecule has 0 aromatic heterocycles. The maximum absolute atomic E-state index is 12.9. The van der Waals surface area contributed by atoms with Crippen molar-refractivity contribution in [3.05, 3.63) is 0 Å². The first-order chi connectivity index (χ1) is 9.73. The van der Waals surface area contributed by atoms with E-state index in [1.54, 1.807) is 0 Å². The van der Waals surface area contributed by atoms with Crippen molar-refractivity contribution in [1.29, 1.82) is 0 Å². The number of nitrogens with one attached hydrogen (secondary N) is 1. The molecule has 1 saturated heterocycles.